The highest BCUT2D eigenvalue weighted by Gasteiger charge is 2.34. The standard InChI is InChI=1S/C13H23N3S/c1-3-13(5-4-6-13)9-15-7-11-8-17-12(16-11)10(2)14/h8,10,15H,3-7,9,14H2,1-2H3. The molecule has 0 saturated heterocycles. The molecule has 1 fully saturated rings. The molecule has 0 aliphatic heterocycles. The molecule has 1 atom stereocenters. The Hall–Kier alpha value is -0.450. The number of aromatic nitrogens is 1. The average molecular weight is 253 g/mol. The molecule has 17 heavy (non-hydrogen) atoms. The van der Waals surface area contributed by atoms with Crippen LogP contribution in [0, 0.1) is 5.41 Å². The Morgan fingerprint density at radius 2 is 2.35 bits per heavy atom. The van der Waals surface area contributed by atoms with Crippen LogP contribution in [0.2, 0.25) is 0 Å². The van der Waals surface area contributed by atoms with Gasteiger partial charge in [-0.15, -0.1) is 11.3 Å². The summed E-state index contributed by atoms with van der Waals surface area (Å²) in [6.45, 7) is 6.30. The summed E-state index contributed by atoms with van der Waals surface area (Å²) < 4.78 is 0. The normalized spacial score (nSPS) is 19.9. The van der Waals surface area contributed by atoms with E-state index >= 15 is 0 Å². The van der Waals surface area contributed by atoms with Crippen LogP contribution in [-0.4, -0.2) is 11.5 Å². The fraction of sp³-hybridized carbons (Fsp3) is 0.769. The SMILES string of the molecule is CCC1(CNCc2csc(C(C)N)n2)CCC1. The molecular weight excluding hydrogens is 230 g/mol. The van der Waals surface area contributed by atoms with Crippen LogP contribution in [0.15, 0.2) is 5.38 Å². The summed E-state index contributed by atoms with van der Waals surface area (Å²) in [6.07, 6.45) is 5.47. The molecule has 3 N–H and O–H groups in total. The van der Waals surface area contributed by atoms with Gasteiger partial charge in [0, 0.05) is 18.5 Å². The lowest BCUT2D eigenvalue weighted by molar-refractivity contribution is 0.123. The van der Waals surface area contributed by atoms with Gasteiger partial charge >= 0.3 is 0 Å². The minimum atomic E-state index is 0.0577. The zero-order valence-corrected chi connectivity index (χ0v) is 11.6. The van der Waals surface area contributed by atoms with E-state index in [1.54, 1.807) is 11.3 Å². The van der Waals surface area contributed by atoms with Crippen molar-refractivity contribution in [3.05, 3.63) is 16.1 Å². The third-order valence-corrected chi connectivity index (χ3v) is 5.02. The number of rotatable bonds is 6. The van der Waals surface area contributed by atoms with Crippen molar-refractivity contribution in [3.63, 3.8) is 0 Å². The first kappa shape index (κ1) is 13.0. The van der Waals surface area contributed by atoms with Crippen molar-refractivity contribution in [2.45, 2.75) is 52.1 Å². The van der Waals surface area contributed by atoms with Gasteiger partial charge in [-0.2, -0.15) is 0 Å². The zero-order chi connectivity index (χ0) is 12.3. The predicted octanol–water partition coefficient (Wildman–Crippen LogP) is 2.83. The molecule has 1 aliphatic carbocycles. The molecule has 1 aromatic heterocycles. The molecule has 0 amide bonds. The van der Waals surface area contributed by atoms with Gasteiger partial charge in [-0.05, 0) is 31.6 Å². The Balaban J connectivity index is 1.77. The molecule has 0 aromatic carbocycles. The summed E-state index contributed by atoms with van der Waals surface area (Å²) >= 11 is 1.66. The van der Waals surface area contributed by atoms with Gasteiger partial charge in [-0.25, -0.2) is 4.98 Å². The van der Waals surface area contributed by atoms with Crippen LogP contribution in [0.4, 0.5) is 0 Å². The monoisotopic (exact) mass is 253 g/mol. The highest BCUT2D eigenvalue weighted by molar-refractivity contribution is 7.09. The first-order valence-corrected chi connectivity index (χ1v) is 7.44. The summed E-state index contributed by atoms with van der Waals surface area (Å²) in [5, 5.41) is 6.70. The third kappa shape index (κ3) is 3.06. The summed E-state index contributed by atoms with van der Waals surface area (Å²) in [6, 6.07) is 0.0577. The van der Waals surface area contributed by atoms with Gasteiger partial charge in [0.15, 0.2) is 0 Å². The molecule has 0 spiro atoms. The fourth-order valence-corrected chi connectivity index (χ4v) is 3.18. The molecular formula is C13H23N3S. The largest absolute Gasteiger partial charge is 0.322 e. The molecule has 4 heteroatoms. The maximum atomic E-state index is 5.80. The molecule has 1 unspecified atom stereocenters. The van der Waals surface area contributed by atoms with Gasteiger partial charge in [-0.1, -0.05) is 13.3 Å². The summed E-state index contributed by atoms with van der Waals surface area (Å²) in [7, 11) is 0. The lowest BCUT2D eigenvalue weighted by Gasteiger charge is -2.41. The van der Waals surface area contributed by atoms with Crippen molar-refractivity contribution in [3.8, 4) is 0 Å². The van der Waals surface area contributed by atoms with Crippen molar-refractivity contribution in [1.29, 1.82) is 0 Å². The maximum Gasteiger partial charge on any atom is 0.109 e. The van der Waals surface area contributed by atoms with E-state index in [0.29, 0.717) is 5.41 Å². The molecule has 2 rings (SSSR count). The summed E-state index contributed by atoms with van der Waals surface area (Å²) in [5.74, 6) is 0. The van der Waals surface area contributed by atoms with Crippen LogP contribution >= 0.6 is 11.3 Å². The number of thiazole rings is 1. The van der Waals surface area contributed by atoms with E-state index < -0.39 is 0 Å². The molecule has 96 valence electrons. The molecule has 0 radical (unpaired) electrons. The highest BCUT2D eigenvalue weighted by atomic mass is 32.1. The van der Waals surface area contributed by atoms with Crippen molar-refractivity contribution in [2.24, 2.45) is 11.1 Å². The second-order valence-corrected chi connectivity index (χ2v) is 6.17. The molecule has 1 aliphatic rings. The minimum Gasteiger partial charge on any atom is -0.322 e. The quantitative estimate of drug-likeness (QED) is 0.819. The lowest BCUT2D eigenvalue weighted by atomic mass is 9.67. The Morgan fingerprint density at radius 3 is 2.82 bits per heavy atom. The number of hydrogen-bond acceptors (Lipinski definition) is 4. The van der Waals surface area contributed by atoms with E-state index in [4.69, 9.17) is 5.73 Å². The zero-order valence-electron chi connectivity index (χ0n) is 10.8. The van der Waals surface area contributed by atoms with Gasteiger partial charge in [0.25, 0.3) is 0 Å². The average Bonchev–Trinajstić information content (AvgIpc) is 2.71. The van der Waals surface area contributed by atoms with E-state index in [1.165, 1.54) is 25.7 Å². The van der Waals surface area contributed by atoms with Crippen LogP contribution in [0.25, 0.3) is 0 Å². The van der Waals surface area contributed by atoms with Crippen LogP contribution in [0.1, 0.15) is 56.3 Å². The second kappa shape index (κ2) is 5.46. The Bertz CT molecular complexity index is 350. The highest BCUT2D eigenvalue weighted by Crippen LogP contribution is 2.43. The van der Waals surface area contributed by atoms with E-state index in [2.05, 4.69) is 22.6 Å². The van der Waals surface area contributed by atoms with E-state index in [1.807, 2.05) is 6.92 Å². The first-order valence-electron chi connectivity index (χ1n) is 6.56. The first-order chi connectivity index (χ1) is 8.15. The number of nitrogens with zero attached hydrogens (tertiary/aromatic N) is 1. The topological polar surface area (TPSA) is 50.9 Å². The van der Waals surface area contributed by atoms with Crippen LogP contribution in [-0.2, 0) is 6.54 Å². The summed E-state index contributed by atoms with van der Waals surface area (Å²) in [5.41, 5.74) is 7.52. The molecule has 1 saturated carbocycles. The van der Waals surface area contributed by atoms with Crippen LogP contribution in [0.3, 0.4) is 0 Å². The van der Waals surface area contributed by atoms with Gasteiger partial charge in [0.1, 0.15) is 5.01 Å². The minimum absolute atomic E-state index is 0.0577. The Morgan fingerprint density at radius 1 is 1.59 bits per heavy atom. The second-order valence-electron chi connectivity index (χ2n) is 5.28. The van der Waals surface area contributed by atoms with Crippen molar-refractivity contribution in [2.75, 3.05) is 6.54 Å². The van der Waals surface area contributed by atoms with Gasteiger partial charge in [0.2, 0.25) is 0 Å². The van der Waals surface area contributed by atoms with Gasteiger partial charge in [0.05, 0.1) is 11.7 Å². The molecule has 1 heterocycles. The molecule has 1 aromatic rings. The molecule has 0 bridgehead atoms. The Kier molecular flexibility index (Phi) is 4.17. The van der Waals surface area contributed by atoms with Crippen molar-refractivity contribution < 1.29 is 0 Å². The van der Waals surface area contributed by atoms with E-state index in [9.17, 15) is 0 Å². The molecule has 3 nitrogen and oxygen atoms in total. The van der Waals surface area contributed by atoms with E-state index in [-0.39, 0.29) is 6.04 Å². The number of nitrogens with two attached hydrogens (primary N) is 1. The van der Waals surface area contributed by atoms with Crippen molar-refractivity contribution in [1.82, 2.24) is 10.3 Å². The lowest BCUT2D eigenvalue weighted by Crippen LogP contribution is -2.39. The van der Waals surface area contributed by atoms with Gasteiger partial charge in [-0.3, -0.25) is 0 Å². The summed E-state index contributed by atoms with van der Waals surface area (Å²) in [4.78, 5) is 4.53. The van der Waals surface area contributed by atoms with Crippen LogP contribution in [0.5, 0.6) is 0 Å². The maximum absolute atomic E-state index is 5.80. The fourth-order valence-electron chi connectivity index (χ4n) is 2.40. The smallest absolute Gasteiger partial charge is 0.109 e. The van der Waals surface area contributed by atoms with Crippen LogP contribution < -0.4 is 11.1 Å². The number of nitrogens with one attached hydrogen (secondary N) is 1. The van der Waals surface area contributed by atoms with Gasteiger partial charge < -0.3 is 11.1 Å². The van der Waals surface area contributed by atoms with E-state index in [0.717, 1.165) is 23.8 Å². The Labute approximate surface area is 108 Å². The van der Waals surface area contributed by atoms with Crippen molar-refractivity contribution >= 4 is 11.3 Å². The third-order valence-electron chi connectivity index (χ3n) is 3.93. The number of hydrogen-bond donors (Lipinski definition) is 2. The predicted molar refractivity (Wildman–Crippen MR) is 73.0 cm³/mol.